The fourth-order valence-electron chi connectivity index (χ4n) is 2.04. The third kappa shape index (κ3) is 6.08. The van der Waals surface area contributed by atoms with Gasteiger partial charge in [-0.2, -0.15) is 0 Å². The highest BCUT2D eigenvalue weighted by Gasteiger charge is 2.16. The van der Waals surface area contributed by atoms with E-state index in [1.807, 2.05) is 13.8 Å². The number of hydrogen-bond acceptors (Lipinski definition) is 3. The van der Waals surface area contributed by atoms with Crippen LogP contribution in [0.5, 0.6) is 5.75 Å². The summed E-state index contributed by atoms with van der Waals surface area (Å²) >= 11 is 0. The maximum atomic E-state index is 9.83. The number of ether oxygens (including phenoxy) is 1. The predicted octanol–water partition coefficient (Wildman–Crippen LogP) is 2.78. The molecule has 0 spiro atoms. The molecule has 0 fully saturated rings. The van der Waals surface area contributed by atoms with Crippen molar-refractivity contribution in [2.75, 3.05) is 26.2 Å². The molecule has 0 atom stereocenters. The van der Waals surface area contributed by atoms with Crippen molar-refractivity contribution in [3.05, 3.63) is 29.3 Å². The lowest BCUT2D eigenvalue weighted by Gasteiger charge is -2.27. The van der Waals surface area contributed by atoms with E-state index in [0.717, 1.165) is 24.4 Å². The van der Waals surface area contributed by atoms with E-state index in [9.17, 15) is 5.11 Å². The number of nitrogens with zero attached hydrogens (tertiary/aromatic N) is 1. The first kappa shape index (κ1) is 16.0. The molecular weight excluding hydrogens is 238 g/mol. The smallest absolute Gasteiger partial charge is 0.122 e. The summed E-state index contributed by atoms with van der Waals surface area (Å²) in [5, 5.41) is 9.83. The summed E-state index contributed by atoms with van der Waals surface area (Å²) < 4.78 is 5.84. The zero-order valence-corrected chi connectivity index (χ0v) is 12.9. The molecule has 19 heavy (non-hydrogen) atoms. The second-order valence-electron chi connectivity index (χ2n) is 5.80. The van der Waals surface area contributed by atoms with Crippen molar-refractivity contribution >= 4 is 0 Å². The number of benzene rings is 1. The number of rotatable bonds is 7. The average molecular weight is 265 g/mol. The standard InChI is InChI=1S/C16H27NO2/c1-6-17(12-16(4,5)18)9-10-19-15-11-13(2)7-8-14(15)3/h7-8,11,18H,6,9-10,12H2,1-5H3. The Kier molecular flexibility index (Phi) is 5.83. The van der Waals surface area contributed by atoms with Crippen LogP contribution in [-0.2, 0) is 0 Å². The molecule has 0 saturated carbocycles. The summed E-state index contributed by atoms with van der Waals surface area (Å²) in [7, 11) is 0. The van der Waals surface area contributed by atoms with Gasteiger partial charge in [-0.25, -0.2) is 0 Å². The lowest BCUT2D eigenvalue weighted by molar-refractivity contribution is 0.0339. The zero-order chi connectivity index (χ0) is 14.5. The average Bonchev–Trinajstić information content (AvgIpc) is 2.30. The Morgan fingerprint density at radius 2 is 1.95 bits per heavy atom. The molecule has 1 aromatic rings. The summed E-state index contributed by atoms with van der Waals surface area (Å²) in [6, 6.07) is 6.25. The highest BCUT2D eigenvalue weighted by atomic mass is 16.5. The minimum atomic E-state index is -0.657. The van der Waals surface area contributed by atoms with Crippen molar-refractivity contribution in [1.82, 2.24) is 4.90 Å². The van der Waals surface area contributed by atoms with Gasteiger partial charge in [-0.3, -0.25) is 4.90 Å². The van der Waals surface area contributed by atoms with Crippen LogP contribution in [0.3, 0.4) is 0 Å². The molecule has 3 heteroatoms. The van der Waals surface area contributed by atoms with Crippen molar-refractivity contribution in [2.45, 2.75) is 40.2 Å². The SMILES string of the molecule is CCN(CCOc1cc(C)ccc1C)CC(C)(C)O. The molecule has 1 rings (SSSR count). The van der Waals surface area contributed by atoms with Crippen LogP contribution in [0, 0.1) is 13.8 Å². The summed E-state index contributed by atoms with van der Waals surface area (Å²) in [4.78, 5) is 2.20. The van der Waals surface area contributed by atoms with Gasteiger partial charge in [0.1, 0.15) is 12.4 Å². The van der Waals surface area contributed by atoms with Crippen LogP contribution in [0.25, 0.3) is 0 Å². The molecule has 0 aliphatic carbocycles. The number of likely N-dealkylation sites (N-methyl/N-ethyl adjacent to an activating group) is 1. The third-order valence-electron chi connectivity index (χ3n) is 3.07. The van der Waals surface area contributed by atoms with Gasteiger partial charge in [-0.05, 0) is 51.4 Å². The Bertz CT molecular complexity index is 396. The van der Waals surface area contributed by atoms with Gasteiger partial charge in [0, 0.05) is 13.1 Å². The molecule has 0 aromatic heterocycles. The first-order valence-electron chi connectivity index (χ1n) is 6.96. The molecule has 0 bridgehead atoms. The molecule has 3 nitrogen and oxygen atoms in total. The summed E-state index contributed by atoms with van der Waals surface area (Å²) in [5.41, 5.74) is 1.72. The van der Waals surface area contributed by atoms with Crippen molar-refractivity contribution in [1.29, 1.82) is 0 Å². The lowest BCUT2D eigenvalue weighted by atomic mass is 10.1. The fraction of sp³-hybridized carbons (Fsp3) is 0.625. The van der Waals surface area contributed by atoms with Crippen LogP contribution >= 0.6 is 0 Å². The largest absolute Gasteiger partial charge is 0.492 e. The van der Waals surface area contributed by atoms with Crippen LogP contribution < -0.4 is 4.74 Å². The summed E-state index contributed by atoms with van der Waals surface area (Å²) in [6.45, 7) is 13.0. The van der Waals surface area contributed by atoms with E-state index in [4.69, 9.17) is 4.74 Å². The van der Waals surface area contributed by atoms with E-state index in [1.165, 1.54) is 5.56 Å². The monoisotopic (exact) mass is 265 g/mol. The molecule has 0 aliphatic rings. The second kappa shape index (κ2) is 6.92. The second-order valence-corrected chi connectivity index (χ2v) is 5.80. The minimum absolute atomic E-state index is 0.647. The van der Waals surface area contributed by atoms with Gasteiger partial charge in [-0.15, -0.1) is 0 Å². The molecule has 0 aliphatic heterocycles. The van der Waals surface area contributed by atoms with Gasteiger partial charge in [0.25, 0.3) is 0 Å². The Morgan fingerprint density at radius 1 is 1.26 bits per heavy atom. The van der Waals surface area contributed by atoms with E-state index in [-0.39, 0.29) is 0 Å². The highest BCUT2D eigenvalue weighted by molar-refractivity contribution is 5.35. The van der Waals surface area contributed by atoms with Crippen LogP contribution in [0.2, 0.25) is 0 Å². The van der Waals surface area contributed by atoms with E-state index < -0.39 is 5.60 Å². The molecule has 0 heterocycles. The molecule has 0 saturated heterocycles. The highest BCUT2D eigenvalue weighted by Crippen LogP contribution is 2.19. The minimum Gasteiger partial charge on any atom is -0.492 e. The van der Waals surface area contributed by atoms with Gasteiger partial charge >= 0.3 is 0 Å². The van der Waals surface area contributed by atoms with Crippen molar-refractivity contribution < 1.29 is 9.84 Å². The Morgan fingerprint density at radius 3 is 2.53 bits per heavy atom. The summed E-state index contributed by atoms with van der Waals surface area (Å²) in [5.74, 6) is 0.958. The van der Waals surface area contributed by atoms with Crippen molar-refractivity contribution in [3.8, 4) is 5.75 Å². The topological polar surface area (TPSA) is 32.7 Å². The van der Waals surface area contributed by atoms with E-state index in [1.54, 1.807) is 0 Å². The Hall–Kier alpha value is -1.06. The van der Waals surface area contributed by atoms with Crippen LogP contribution in [0.15, 0.2) is 18.2 Å². The first-order valence-corrected chi connectivity index (χ1v) is 6.96. The van der Waals surface area contributed by atoms with E-state index >= 15 is 0 Å². The number of hydrogen-bond donors (Lipinski definition) is 1. The fourth-order valence-corrected chi connectivity index (χ4v) is 2.04. The quantitative estimate of drug-likeness (QED) is 0.823. The van der Waals surface area contributed by atoms with Gasteiger partial charge in [0.15, 0.2) is 0 Å². The third-order valence-corrected chi connectivity index (χ3v) is 3.07. The molecular formula is C16H27NO2. The predicted molar refractivity (Wildman–Crippen MR) is 79.8 cm³/mol. The van der Waals surface area contributed by atoms with Gasteiger partial charge < -0.3 is 9.84 Å². The molecule has 1 aromatic carbocycles. The Labute approximate surface area is 117 Å². The molecule has 0 unspecified atom stereocenters. The van der Waals surface area contributed by atoms with Crippen LogP contribution in [0.1, 0.15) is 31.9 Å². The summed E-state index contributed by atoms with van der Waals surface area (Å²) in [6.07, 6.45) is 0. The molecule has 108 valence electrons. The van der Waals surface area contributed by atoms with E-state index in [0.29, 0.717) is 13.2 Å². The van der Waals surface area contributed by atoms with Crippen molar-refractivity contribution in [3.63, 3.8) is 0 Å². The first-order chi connectivity index (χ1) is 8.81. The molecule has 0 radical (unpaired) electrons. The van der Waals surface area contributed by atoms with Crippen molar-refractivity contribution in [2.24, 2.45) is 0 Å². The van der Waals surface area contributed by atoms with Gasteiger partial charge in [0.05, 0.1) is 5.60 Å². The van der Waals surface area contributed by atoms with Gasteiger partial charge in [0.2, 0.25) is 0 Å². The normalized spacial score (nSPS) is 11.9. The number of aliphatic hydroxyl groups is 1. The zero-order valence-electron chi connectivity index (χ0n) is 12.9. The van der Waals surface area contributed by atoms with Crippen LogP contribution in [-0.4, -0.2) is 41.8 Å². The lowest BCUT2D eigenvalue weighted by Crippen LogP contribution is -2.40. The van der Waals surface area contributed by atoms with Gasteiger partial charge in [-0.1, -0.05) is 19.1 Å². The Balaban J connectivity index is 2.46. The number of aryl methyl sites for hydroxylation is 2. The molecule has 0 amide bonds. The maximum Gasteiger partial charge on any atom is 0.122 e. The van der Waals surface area contributed by atoms with E-state index in [2.05, 4.69) is 43.9 Å². The maximum absolute atomic E-state index is 9.83. The molecule has 1 N–H and O–H groups in total. The van der Waals surface area contributed by atoms with Crippen LogP contribution in [0.4, 0.5) is 0 Å².